The van der Waals surface area contributed by atoms with Crippen molar-refractivity contribution in [1.82, 2.24) is 10.6 Å². The molecule has 7 heteroatoms. The van der Waals surface area contributed by atoms with Gasteiger partial charge in [-0.2, -0.15) is 0 Å². The van der Waals surface area contributed by atoms with Gasteiger partial charge in [0.05, 0.1) is 5.92 Å². The Hall–Kier alpha value is -3.35. The summed E-state index contributed by atoms with van der Waals surface area (Å²) in [6.07, 6.45) is 1.25. The molecule has 32 heavy (non-hydrogen) atoms. The number of hydrogen-bond acceptors (Lipinski definition) is 4. The largest absolute Gasteiger partial charge is 0.481 e. The Labute approximate surface area is 187 Å². The summed E-state index contributed by atoms with van der Waals surface area (Å²) in [5, 5.41) is 14.7. The van der Waals surface area contributed by atoms with Crippen LogP contribution in [0.4, 0.5) is 4.79 Å². The third-order valence-electron chi connectivity index (χ3n) is 6.35. The first kappa shape index (κ1) is 21.9. The van der Waals surface area contributed by atoms with Crippen LogP contribution in [0.1, 0.15) is 49.7 Å². The van der Waals surface area contributed by atoms with E-state index in [1.54, 1.807) is 6.92 Å². The lowest BCUT2D eigenvalue weighted by molar-refractivity contribution is -0.141. The molecule has 7 nitrogen and oxygen atoms in total. The first-order chi connectivity index (χ1) is 15.4. The number of fused-ring (bicyclic) bond motifs is 3. The number of carbonyl (C=O) groups excluding carboxylic acids is 2. The molecule has 3 N–H and O–H groups in total. The summed E-state index contributed by atoms with van der Waals surface area (Å²) in [5.74, 6) is -1.42. The van der Waals surface area contributed by atoms with Crippen molar-refractivity contribution in [3.63, 3.8) is 0 Å². The van der Waals surface area contributed by atoms with Gasteiger partial charge in [-0.05, 0) is 48.4 Å². The topological polar surface area (TPSA) is 105 Å². The van der Waals surface area contributed by atoms with E-state index in [0.717, 1.165) is 11.1 Å². The lowest BCUT2D eigenvalue weighted by Crippen LogP contribution is -2.40. The zero-order valence-corrected chi connectivity index (χ0v) is 18.0. The number of hydrogen-bond donors (Lipinski definition) is 3. The van der Waals surface area contributed by atoms with E-state index >= 15 is 0 Å². The molecule has 0 bridgehead atoms. The van der Waals surface area contributed by atoms with E-state index in [1.165, 1.54) is 11.1 Å². The van der Waals surface area contributed by atoms with Gasteiger partial charge >= 0.3 is 12.1 Å². The minimum atomic E-state index is -0.813. The van der Waals surface area contributed by atoms with Crippen molar-refractivity contribution in [2.75, 3.05) is 6.61 Å². The van der Waals surface area contributed by atoms with Crippen molar-refractivity contribution >= 4 is 18.0 Å². The maximum Gasteiger partial charge on any atom is 0.407 e. The smallest absolute Gasteiger partial charge is 0.407 e. The molecule has 2 aromatic rings. The number of alkyl carbamates (subject to hydrolysis) is 1. The van der Waals surface area contributed by atoms with Gasteiger partial charge in [0.15, 0.2) is 0 Å². The Bertz CT molecular complexity index is 975. The molecule has 2 amide bonds. The van der Waals surface area contributed by atoms with Gasteiger partial charge < -0.3 is 20.5 Å². The predicted octanol–water partition coefficient (Wildman–Crippen LogP) is 3.67. The van der Waals surface area contributed by atoms with E-state index in [4.69, 9.17) is 9.84 Å². The van der Waals surface area contributed by atoms with E-state index in [0.29, 0.717) is 19.3 Å². The normalized spacial score (nSPS) is 20.2. The molecule has 0 spiro atoms. The third-order valence-corrected chi connectivity index (χ3v) is 6.35. The van der Waals surface area contributed by atoms with Gasteiger partial charge in [0.2, 0.25) is 5.91 Å². The van der Waals surface area contributed by atoms with Gasteiger partial charge in [-0.3, -0.25) is 9.59 Å². The van der Waals surface area contributed by atoms with Gasteiger partial charge in [0.1, 0.15) is 6.61 Å². The first-order valence-corrected chi connectivity index (χ1v) is 11.1. The van der Waals surface area contributed by atoms with Crippen LogP contribution in [-0.4, -0.2) is 41.8 Å². The Morgan fingerprint density at radius 3 is 2.25 bits per heavy atom. The number of carbonyl (C=O) groups is 3. The van der Waals surface area contributed by atoms with Crippen LogP contribution < -0.4 is 10.6 Å². The molecule has 0 aromatic heterocycles. The fourth-order valence-electron chi connectivity index (χ4n) is 4.79. The molecule has 0 aliphatic heterocycles. The van der Waals surface area contributed by atoms with Crippen LogP contribution in [0, 0.1) is 5.92 Å². The van der Waals surface area contributed by atoms with Crippen molar-refractivity contribution < 1.29 is 24.2 Å². The van der Waals surface area contributed by atoms with Gasteiger partial charge in [-0.1, -0.05) is 48.5 Å². The zero-order chi connectivity index (χ0) is 22.7. The maximum atomic E-state index is 12.3. The van der Waals surface area contributed by atoms with Crippen LogP contribution in [-0.2, 0) is 14.3 Å². The zero-order valence-electron chi connectivity index (χ0n) is 18.0. The number of benzene rings is 2. The van der Waals surface area contributed by atoms with E-state index in [1.807, 2.05) is 24.3 Å². The molecule has 2 unspecified atom stereocenters. The minimum absolute atomic E-state index is 0.0173. The fourth-order valence-corrected chi connectivity index (χ4v) is 4.79. The van der Waals surface area contributed by atoms with Crippen molar-refractivity contribution in [3.8, 4) is 11.1 Å². The Kier molecular flexibility index (Phi) is 6.44. The summed E-state index contributed by atoms with van der Waals surface area (Å²) in [5.41, 5.74) is 4.62. The lowest BCUT2D eigenvalue weighted by atomic mass is 9.98. The number of carboxylic acid groups (broad SMARTS) is 1. The second-order valence-electron chi connectivity index (χ2n) is 8.69. The van der Waals surface area contributed by atoms with E-state index in [9.17, 15) is 14.4 Å². The van der Waals surface area contributed by atoms with Gasteiger partial charge in [0.25, 0.3) is 0 Å². The van der Waals surface area contributed by atoms with Crippen LogP contribution >= 0.6 is 0 Å². The van der Waals surface area contributed by atoms with E-state index < -0.39 is 24.0 Å². The van der Waals surface area contributed by atoms with E-state index in [-0.39, 0.29) is 30.9 Å². The molecule has 1 fully saturated rings. The summed E-state index contributed by atoms with van der Waals surface area (Å²) in [7, 11) is 0. The van der Waals surface area contributed by atoms with Crippen LogP contribution in [0.15, 0.2) is 48.5 Å². The summed E-state index contributed by atoms with van der Waals surface area (Å²) in [4.78, 5) is 35.7. The highest BCUT2D eigenvalue weighted by Gasteiger charge is 2.31. The van der Waals surface area contributed by atoms with Gasteiger partial charge in [0, 0.05) is 24.4 Å². The molecule has 2 aliphatic carbocycles. The van der Waals surface area contributed by atoms with Gasteiger partial charge in [-0.15, -0.1) is 0 Å². The highest BCUT2D eigenvalue weighted by molar-refractivity contribution is 5.80. The molecule has 0 heterocycles. The van der Waals surface area contributed by atoms with Crippen molar-refractivity contribution in [2.45, 2.75) is 50.6 Å². The summed E-state index contributed by atoms with van der Waals surface area (Å²) >= 11 is 0. The standard InChI is InChI=1S/C25H28N2O5/c1-15(12-23(28)27-17-11-10-16(13-17)24(29)30)26-25(31)32-14-22-20-8-4-2-6-18(20)19-7-3-5-9-21(19)22/h2-9,15-17,22H,10-14H2,1H3,(H,26,31)(H,27,28)(H,29,30)/t15-,16?,17?/m0/s1. The van der Waals surface area contributed by atoms with Crippen LogP contribution in [0.2, 0.25) is 0 Å². The number of aliphatic carboxylic acids is 1. The maximum absolute atomic E-state index is 12.3. The van der Waals surface area contributed by atoms with Crippen LogP contribution in [0.25, 0.3) is 11.1 Å². The number of amides is 2. The molecule has 2 aromatic carbocycles. The monoisotopic (exact) mass is 436 g/mol. The average molecular weight is 437 g/mol. The van der Waals surface area contributed by atoms with Crippen molar-refractivity contribution in [3.05, 3.63) is 59.7 Å². The Morgan fingerprint density at radius 2 is 1.66 bits per heavy atom. The van der Waals surface area contributed by atoms with E-state index in [2.05, 4.69) is 34.9 Å². The molecule has 168 valence electrons. The molecular weight excluding hydrogens is 408 g/mol. The number of carboxylic acids is 1. The molecule has 0 radical (unpaired) electrons. The predicted molar refractivity (Wildman–Crippen MR) is 119 cm³/mol. The molecule has 1 saturated carbocycles. The molecule has 2 aliphatic rings. The van der Waals surface area contributed by atoms with Crippen molar-refractivity contribution in [1.29, 1.82) is 0 Å². The second kappa shape index (κ2) is 9.42. The number of nitrogens with one attached hydrogen (secondary N) is 2. The SMILES string of the molecule is C[C@@H](CC(=O)NC1CCC(C(=O)O)C1)NC(=O)OCC1c2ccccc2-c2ccccc21. The molecule has 0 saturated heterocycles. The Morgan fingerprint density at radius 1 is 1.03 bits per heavy atom. The molecule has 4 rings (SSSR count). The second-order valence-corrected chi connectivity index (χ2v) is 8.69. The molecule has 3 atom stereocenters. The quantitative estimate of drug-likeness (QED) is 0.614. The van der Waals surface area contributed by atoms with Crippen molar-refractivity contribution in [2.24, 2.45) is 5.92 Å². The number of ether oxygens (including phenoxy) is 1. The third kappa shape index (κ3) is 4.77. The summed E-state index contributed by atoms with van der Waals surface area (Å²) in [6.45, 7) is 1.97. The highest BCUT2D eigenvalue weighted by Crippen LogP contribution is 2.44. The summed E-state index contributed by atoms with van der Waals surface area (Å²) in [6, 6.07) is 15.8. The van der Waals surface area contributed by atoms with Crippen LogP contribution in [0.3, 0.4) is 0 Å². The lowest BCUT2D eigenvalue weighted by Gasteiger charge is -2.18. The highest BCUT2D eigenvalue weighted by atomic mass is 16.5. The average Bonchev–Trinajstić information content (AvgIpc) is 3.35. The Balaban J connectivity index is 1.26. The molecular formula is C25H28N2O5. The first-order valence-electron chi connectivity index (χ1n) is 11.1. The van der Waals surface area contributed by atoms with Crippen LogP contribution in [0.5, 0.6) is 0 Å². The fraction of sp³-hybridized carbons (Fsp3) is 0.400. The minimum Gasteiger partial charge on any atom is -0.481 e. The summed E-state index contributed by atoms with van der Waals surface area (Å²) < 4.78 is 5.52. The number of rotatable bonds is 7. The van der Waals surface area contributed by atoms with Gasteiger partial charge in [-0.25, -0.2) is 4.79 Å².